The summed E-state index contributed by atoms with van der Waals surface area (Å²) in [4.78, 5) is 127. The molecule has 10 aliphatic rings. The second-order valence-electron chi connectivity index (χ2n) is 31.3. The van der Waals surface area contributed by atoms with E-state index < -0.39 is 47.9 Å². The number of likely N-dealkylation sites (tertiary alicyclic amines) is 10. The Labute approximate surface area is 627 Å². The molecule has 10 fully saturated rings. The van der Waals surface area contributed by atoms with E-state index in [0.29, 0.717) is 55.8 Å². The molecule has 0 aliphatic carbocycles. The first kappa shape index (κ1) is 97.4. The van der Waals surface area contributed by atoms with Crippen molar-refractivity contribution in [1.82, 2.24) is 49.0 Å². The molecule has 0 aromatic heterocycles. The maximum atomic E-state index is 12.9. The van der Waals surface area contributed by atoms with E-state index in [1.807, 2.05) is 66.1 Å². The maximum Gasteiger partial charge on any atom is 0.309 e. The van der Waals surface area contributed by atoms with Crippen LogP contribution in [-0.2, 0) is 47.9 Å². The minimum absolute atomic E-state index is 0.00579. The van der Waals surface area contributed by atoms with Gasteiger partial charge in [-0.1, -0.05) is 26.2 Å². The van der Waals surface area contributed by atoms with Gasteiger partial charge < -0.3 is 87.0 Å². The molecule has 0 bridgehead atoms. The largest absolute Gasteiger partial charge is 0.481 e. The fourth-order valence-corrected chi connectivity index (χ4v) is 14.8. The molecular formula is C75H142FN13O16. The van der Waals surface area contributed by atoms with E-state index in [1.54, 1.807) is 14.0 Å². The van der Waals surface area contributed by atoms with Gasteiger partial charge in [-0.15, -0.1) is 0 Å². The van der Waals surface area contributed by atoms with Crippen LogP contribution < -0.4 is 17.2 Å². The van der Waals surface area contributed by atoms with Crippen molar-refractivity contribution in [2.24, 2.45) is 64.5 Å². The minimum Gasteiger partial charge on any atom is -0.481 e. The number of likely N-dealkylation sites (N-methyl/N-ethyl adjacent to an activating group) is 2. The quantitative estimate of drug-likeness (QED) is 0.121. The number of nitrogens with zero attached hydrogens (tertiary/aromatic N) is 10. The van der Waals surface area contributed by atoms with Gasteiger partial charge in [0.25, 0.3) is 0 Å². The van der Waals surface area contributed by atoms with Gasteiger partial charge in [0.2, 0.25) is 17.7 Å². The van der Waals surface area contributed by atoms with E-state index in [2.05, 4.69) is 53.3 Å². The number of carboxylic acid groups (broad SMARTS) is 6. The third-order valence-electron chi connectivity index (χ3n) is 21.9. The molecule has 10 heterocycles. The van der Waals surface area contributed by atoms with Crippen molar-refractivity contribution >= 4 is 59.3 Å². The number of carbonyl (C=O) groups is 10. The Hall–Kier alpha value is -5.57. The first-order valence-corrected chi connectivity index (χ1v) is 38.6. The molecule has 0 aromatic carbocycles. The van der Waals surface area contributed by atoms with E-state index in [1.165, 1.54) is 32.1 Å². The summed E-state index contributed by atoms with van der Waals surface area (Å²) in [6.45, 7) is 19.6. The monoisotopic (exact) mass is 1500 g/mol. The van der Waals surface area contributed by atoms with Crippen LogP contribution in [0.3, 0.4) is 0 Å². The highest BCUT2D eigenvalue weighted by Gasteiger charge is 2.34. The van der Waals surface area contributed by atoms with Crippen LogP contribution in [0.1, 0.15) is 168 Å². The molecule has 12 N–H and O–H groups in total. The highest BCUT2D eigenvalue weighted by atomic mass is 19.1. The molecule has 3 amide bonds. The number of carbonyl (C=O) groups excluding carboxylic acids is 4. The smallest absolute Gasteiger partial charge is 0.309 e. The number of primary amides is 3. The van der Waals surface area contributed by atoms with Crippen LogP contribution in [0.4, 0.5) is 4.39 Å². The van der Waals surface area contributed by atoms with E-state index in [-0.39, 0.29) is 66.1 Å². The Kier molecular flexibility index (Phi) is 50.2. The molecule has 10 rings (SSSR count). The van der Waals surface area contributed by atoms with Gasteiger partial charge in [0.1, 0.15) is 12.0 Å². The lowest BCUT2D eigenvalue weighted by molar-refractivity contribution is -0.146. The summed E-state index contributed by atoms with van der Waals surface area (Å²) in [6, 6.07) is 0.490. The van der Waals surface area contributed by atoms with Gasteiger partial charge in [-0.05, 0) is 296 Å². The molecule has 29 nitrogen and oxygen atoms in total. The van der Waals surface area contributed by atoms with Gasteiger partial charge in [-0.2, -0.15) is 0 Å². The normalized spacial score (nSPS) is 27.4. The molecule has 610 valence electrons. The Balaban J connectivity index is 0.000000583. The zero-order valence-electron chi connectivity index (χ0n) is 66.3. The molecular weight excluding hydrogens is 1360 g/mol. The van der Waals surface area contributed by atoms with E-state index in [9.17, 15) is 52.3 Å². The van der Waals surface area contributed by atoms with Gasteiger partial charge in [0, 0.05) is 51.0 Å². The first-order valence-electron chi connectivity index (χ1n) is 38.6. The zero-order valence-corrected chi connectivity index (χ0v) is 66.3. The lowest BCUT2D eigenvalue weighted by Crippen LogP contribution is -2.45. The number of Topliss-reactive ketones (excluding diaryl/α,β-unsaturated/α-hetero) is 1. The van der Waals surface area contributed by atoms with Crippen LogP contribution in [0, 0.1) is 47.3 Å². The van der Waals surface area contributed by atoms with Crippen molar-refractivity contribution in [2.45, 2.75) is 192 Å². The number of nitrogens with two attached hydrogens (primary N) is 3. The Bertz CT molecular complexity index is 2420. The predicted molar refractivity (Wildman–Crippen MR) is 405 cm³/mol. The highest BCUT2D eigenvalue weighted by Crippen LogP contribution is 2.25. The van der Waals surface area contributed by atoms with Crippen molar-refractivity contribution in [2.75, 3.05) is 182 Å². The Morgan fingerprint density at radius 3 is 1.09 bits per heavy atom. The number of ketones is 1. The molecule has 30 heteroatoms. The Morgan fingerprint density at radius 1 is 0.333 bits per heavy atom. The second-order valence-corrected chi connectivity index (χ2v) is 31.3. The van der Waals surface area contributed by atoms with Crippen molar-refractivity contribution in [3.05, 3.63) is 0 Å². The average Bonchev–Trinajstić information content (AvgIpc) is 0.872. The van der Waals surface area contributed by atoms with Gasteiger partial charge in [0.05, 0.1) is 42.2 Å². The molecule has 0 saturated carbocycles. The van der Waals surface area contributed by atoms with Crippen LogP contribution >= 0.6 is 0 Å². The van der Waals surface area contributed by atoms with Gasteiger partial charge >= 0.3 is 35.8 Å². The lowest BCUT2D eigenvalue weighted by Gasteiger charge is -2.32. The fraction of sp³-hybridized carbons (Fsp3) is 0.867. The molecule has 9 unspecified atom stereocenters. The first-order chi connectivity index (χ1) is 49.3. The van der Waals surface area contributed by atoms with E-state index >= 15 is 0 Å². The number of alkyl halides is 1. The van der Waals surface area contributed by atoms with E-state index in [4.69, 9.17) is 47.8 Å². The van der Waals surface area contributed by atoms with Gasteiger partial charge in [-0.25, -0.2) is 4.39 Å². The SMILES string of the molecule is CC(=O)C1CCCCN1C.CC1CN(C)CCC1C(=O)O.CN1CCC(C(=O)O)C(F)C1.CN1CCC(C(=O)O)CC1.CN1CCC(C(N)=O)CC1.CN1CCC(CC(=O)O)CC1.CN1CCCC(C(N)=O)C1.CN1CCCC(CC(=O)O)C1.CN1CCCCC1C(N)=O.CN1CCCCC1CC(=O)O. The number of halogens is 1. The van der Waals surface area contributed by atoms with Crippen LogP contribution in [0.2, 0.25) is 0 Å². The molecule has 105 heavy (non-hydrogen) atoms. The molecule has 0 spiro atoms. The van der Waals surface area contributed by atoms with Crippen LogP contribution in [0.5, 0.6) is 0 Å². The summed E-state index contributed by atoms with van der Waals surface area (Å²) < 4.78 is 12.9. The van der Waals surface area contributed by atoms with Crippen LogP contribution in [-0.4, -0.2) is 345 Å². The van der Waals surface area contributed by atoms with Crippen molar-refractivity contribution in [1.29, 1.82) is 0 Å². The van der Waals surface area contributed by atoms with Gasteiger partial charge in [0.15, 0.2) is 0 Å². The number of hydrogen-bond acceptors (Lipinski definition) is 20. The molecule has 9 atom stereocenters. The second kappa shape index (κ2) is 54.1. The average molecular weight is 1500 g/mol. The summed E-state index contributed by atoms with van der Waals surface area (Å²) in [5, 5.41) is 51.5. The standard InChI is InChI=1S/4C8H15NO2.C8H15NO.C7H12FNO2.3C7H14N2O.C7H13NO2/c1-6-5-9(2)4-3-7(6)8(10)11;1-9-4-2-7(3-5-9)6-8(10)11;1-9-4-2-3-7(6-9)5-8(10)11;1-9-5-3-2-4-7(9)6-8(10)11;1-7(10)8-5-3-4-6-9(8)2;1-9-3-2-5(7(10)11)6(8)4-9;1-9-4-2-6(3-5-9)7(8)10;1-9-4-2-3-6(5-9)7(8)10;1-9-5-3-2-4-6(9)7(8)10;1-8-4-2-6(3-5-8)7(9)10/h6-7H,3-5H2,1-2H3,(H,10,11);3*7H,2-6H2,1H3,(H,10,11);8H,3-6H2,1-2H3;5-6H,2-4H2,1H3,(H,10,11);3*6H,2-5H2,1H3,(H2,8,10);6H,2-5H2,1H3,(H,9,10). The number of rotatable bonds is 13. The zero-order chi connectivity index (χ0) is 79.5. The maximum absolute atomic E-state index is 12.9. The number of piperidine rings is 10. The van der Waals surface area contributed by atoms with E-state index in [0.717, 1.165) is 194 Å². The summed E-state index contributed by atoms with van der Waals surface area (Å²) in [5.74, 6) is -4.06. The number of aliphatic carboxylic acids is 6. The van der Waals surface area contributed by atoms with Crippen molar-refractivity contribution < 1.29 is 83.0 Å². The number of hydrogen-bond donors (Lipinski definition) is 9. The molecule has 0 radical (unpaired) electrons. The highest BCUT2D eigenvalue weighted by molar-refractivity contribution is 5.81. The molecule has 10 saturated heterocycles. The summed E-state index contributed by atoms with van der Waals surface area (Å²) in [5.41, 5.74) is 15.5. The lowest BCUT2D eigenvalue weighted by atomic mass is 9.87. The molecule has 10 aliphatic heterocycles. The molecule has 0 aromatic rings. The van der Waals surface area contributed by atoms with Crippen molar-refractivity contribution in [3.63, 3.8) is 0 Å². The predicted octanol–water partition coefficient (Wildman–Crippen LogP) is 4.63. The minimum atomic E-state index is -1.20. The van der Waals surface area contributed by atoms with Crippen molar-refractivity contribution in [3.8, 4) is 0 Å². The van der Waals surface area contributed by atoms with Crippen LogP contribution in [0.15, 0.2) is 0 Å². The van der Waals surface area contributed by atoms with Gasteiger partial charge in [-0.3, -0.25) is 57.7 Å². The summed E-state index contributed by atoms with van der Waals surface area (Å²) in [7, 11) is 20.1. The fourth-order valence-electron chi connectivity index (χ4n) is 14.8. The number of carboxylic acids is 6. The topological polar surface area (TPSA) is 403 Å². The third-order valence-corrected chi connectivity index (χ3v) is 21.9. The van der Waals surface area contributed by atoms with Crippen LogP contribution in [0.25, 0.3) is 0 Å². The Morgan fingerprint density at radius 2 is 0.724 bits per heavy atom. The third kappa shape index (κ3) is 44.5. The summed E-state index contributed by atoms with van der Waals surface area (Å²) in [6.07, 6.45) is 21.1. The summed E-state index contributed by atoms with van der Waals surface area (Å²) >= 11 is 0. The number of amides is 3.